The van der Waals surface area contributed by atoms with Gasteiger partial charge in [0.25, 0.3) is 0 Å². The van der Waals surface area contributed by atoms with Crippen LogP contribution < -0.4 is 10.2 Å². The topological polar surface area (TPSA) is 18.5 Å². The van der Waals surface area contributed by atoms with Gasteiger partial charge in [-0.15, -0.1) is 0 Å². The van der Waals surface area contributed by atoms with Crippen LogP contribution in [0.4, 0.5) is 5.69 Å². The monoisotopic (exact) mass is 245 g/mol. The Morgan fingerprint density at radius 1 is 1.11 bits per heavy atom. The summed E-state index contributed by atoms with van der Waals surface area (Å²) in [6.45, 7) is 9.39. The largest absolute Gasteiger partial charge is 0.369 e. The molecule has 2 fully saturated rings. The number of piperazine rings is 1. The van der Waals surface area contributed by atoms with E-state index in [2.05, 4.69) is 46.3 Å². The standard InChI is InChI=1S/C15H23N3/c1-2-13-5-3-4-6-15(13)18-9-7-17(8-10-18)14-11-16-12-14/h3-6,14,16H,2,7-12H2,1H3. The van der Waals surface area contributed by atoms with E-state index in [0.717, 1.165) is 12.5 Å². The van der Waals surface area contributed by atoms with E-state index in [1.165, 1.54) is 50.5 Å². The summed E-state index contributed by atoms with van der Waals surface area (Å²) < 4.78 is 0. The first kappa shape index (κ1) is 12.0. The molecule has 0 unspecified atom stereocenters. The Labute approximate surface area is 110 Å². The molecule has 0 amide bonds. The Kier molecular flexibility index (Phi) is 3.52. The molecule has 18 heavy (non-hydrogen) atoms. The first-order chi connectivity index (χ1) is 8.88. The summed E-state index contributed by atoms with van der Waals surface area (Å²) in [5.74, 6) is 0. The van der Waals surface area contributed by atoms with E-state index in [1.54, 1.807) is 0 Å². The third-order valence-corrected chi connectivity index (χ3v) is 4.30. The molecule has 2 heterocycles. The first-order valence-corrected chi connectivity index (χ1v) is 7.16. The van der Waals surface area contributed by atoms with E-state index in [4.69, 9.17) is 0 Å². The maximum Gasteiger partial charge on any atom is 0.0399 e. The van der Waals surface area contributed by atoms with Crippen molar-refractivity contribution in [3.8, 4) is 0 Å². The van der Waals surface area contributed by atoms with Gasteiger partial charge in [-0.3, -0.25) is 4.90 Å². The molecule has 2 aliphatic rings. The van der Waals surface area contributed by atoms with E-state index in [9.17, 15) is 0 Å². The molecule has 3 nitrogen and oxygen atoms in total. The number of hydrogen-bond donors (Lipinski definition) is 1. The third-order valence-electron chi connectivity index (χ3n) is 4.30. The molecular weight excluding hydrogens is 222 g/mol. The molecule has 1 N–H and O–H groups in total. The zero-order chi connectivity index (χ0) is 12.4. The summed E-state index contributed by atoms with van der Waals surface area (Å²) in [5, 5.41) is 3.36. The van der Waals surface area contributed by atoms with Gasteiger partial charge in [0.2, 0.25) is 0 Å². The van der Waals surface area contributed by atoms with Crippen LogP contribution in [0.2, 0.25) is 0 Å². The summed E-state index contributed by atoms with van der Waals surface area (Å²) in [7, 11) is 0. The predicted molar refractivity (Wildman–Crippen MR) is 76.3 cm³/mol. The van der Waals surface area contributed by atoms with Gasteiger partial charge >= 0.3 is 0 Å². The zero-order valence-corrected chi connectivity index (χ0v) is 11.2. The van der Waals surface area contributed by atoms with Gasteiger partial charge in [0.1, 0.15) is 0 Å². The molecule has 3 rings (SSSR count). The van der Waals surface area contributed by atoms with Crippen molar-refractivity contribution in [2.24, 2.45) is 0 Å². The Hall–Kier alpha value is -1.06. The van der Waals surface area contributed by atoms with E-state index in [1.807, 2.05) is 0 Å². The quantitative estimate of drug-likeness (QED) is 0.867. The molecule has 0 radical (unpaired) electrons. The summed E-state index contributed by atoms with van der Waals surface area (Å²) in [4.78, 5) is 5.20. The summed E-state index contributed by atoms with van der Waals surface area (Å²) in [6, 6.07) is 9.65. The van der Waals surface area contributed by atoms with Crippen LogP contribution in [-0.2, 0) is 6.42 Å². The minimum Gasteiger partial charge on any atom is -0.369 e. The fourth-order valence-corrected chi connectivity index (χ4v) is 2.98. The van der Waals surface area contributed by atoms with Crippen molar-refractivity contribution in [2.75, 3.05) is 44.2 Å². The van der Waals surface area contributed by atoms with Crippen molar-refractivity contribution >= 4 is 5.69 Å². The zero-order valence-electron chi connectivity index (χ0n) is 11.2. The number of aryl methyl sites for hydroxylation is 1. The lowest BCUT2D eigenvalue weighted by Gasteiger charge is -2.44. The van der Waals surface area contributed by atoms with Gasteiger partial charge in [0.15, 0.2) is 0 Å². The van der Waals surface area contributed by atoms with Crippen molar-refractivity contribution in [1.82, 2.24) is 10.2 Å². The van der Waals surface area contributed by atoms with Crippen molar-refractivity contribution in [3.05, 3.63) is 29.8 Å². The Bertz CT molecular complexity index is 392. The second kappa shape index (κ2) is 5.29. The van der Waals surface area contributed by atoms with Gasteiger partial charge in [-0.1, -0.05) is 25.1 Å². The fourth-order valence-electron chi connectivity index (χ4n) is 2.98. The Morgan fingerprint density at radius 3 is 2.44 bits per heavy atom. The van der Waals surface area contributed by atoms with Crippen molar-refractivity contribution < 1.29 is 0 Å². The molecular formula is C15H23N3. The molecule has 1 aromatic rings. The molecule has 98 valence electrons. The van der Waals surface area contributed by atoms with Gasteiger partial charge < -0.3 is 10.2 Å². The van der Waals surface area contributed by atoms with Crippen molar-refractivity contribution in [2.45, 2.75) is 19.4 Å². The predicted octanol–water partition coefficient (Wildman–Crippen LogP) is 1.34. The Morgan fingerprint density at radius 2 is 1.83 bits per heavy atom. The second-order valence-electron chi connectivity index (χ2n) is 5.32. The first-order valence-electron chi connectivity index (χ1n) is 7.16. The van der Waals surface area contributed by atoms with E-state index in [0.29, 0.717) is 0 Å². The highest BCUT2D eigenvalue weighted by atomic mass is 15.3. The lowest BCUT2D eigenvalue weighted by atomic mass is 10.1. The van der Waals surface area contributed by atoms with Gasteiger partial charge in [-0.2, -0.15) is 0 Å². The van der Waals surface area contributed by atoms with Gasteiger partial charge in [0, 0.05) is 51.0 Å². The summed E-state index contributed by atoms with van der Waals surface area (Å²) in [5.41, 5.74) is 2.93. The second-order valence-corrected chi connectivity index (χ2v) is 5.32. The average Bonchev–Trinajstić information content (AvgIpc) is 2.38. The molecule has 2 saturated heterocycles. The number of anilines is 1. The van der Waals surface area contributed by atoms with Crippen LogP contribution in [0.1, 0.15) is 12.5 Å². The maximum atomic E-state index is 3.36. The SMILES string of the molecule is CCc1ccccc1N1CCN(C2CNC2)CC1. The van der Waals surface area contributed by atoms with Crippen LogP contribution >= 0.6 is 0 Å². The smallest absolute Gasteiger partial charge is 0.0399 e. The van der Waals surface area contributed by atoms with Crippen LogP contribution in [0.15, 0.2) is 24.3 Å². The minimum absolute atomic E-state index is 0.800. The van der Waals surface area contributed by atoms with Crippen LogP contribution in [-0.4, -0.2) is 50.2 Å². The van der Waals surface area contributed by atoms with Crippen LogP contribution in [0.5, 0.6) is 0 Å². The van der Waals surface area contributed by atoms with Gasteiger partial charge in [-0.05, 0) is 18.1 Å². The number of benzene rings is 1. The van der Waals surface area contributed by atoms with E-state index < -0.39 is 0 Å². The molecule has 0 saturated carbocycles. The van der Waals surface area contributed by atoms with E-state index >= 15 is 0 Å². The molecule has 0 aliphatic carbocycles. The summed E-state index contributed by atoms with van der Waals surface area (Å²) >= 11 is 0. The Balaban J connectivity index is 1.64. The molecule has 0 bridgehead atoms. The molecule has 1 aromatic carbocycles. The van der Waals surface area contributed by atoms with Crippen LogP contribution in [0.3, 0.4) is 0 Å². The van der Waals surface area contributed by atoms with E-state index in [-0.39, 0.29) is 0 Å². The highest BCUT2D eigenvalue weighted by molar-refractivity contribution is 5.54. The number of hydrogen-bond acceptors (Lipinski definition) is 3. The van der Waals surface area contributed by atoms with Crippen LogP contribution in [0, 0.1) is 0 Å². The minimum atomic E-state index is 0.800. The van der Waals surface area contributed by atoms with Gasteiger partial charge in [0.05, 0.1) is 0 Å². The van der Waals surface area contributed by atoms with Crippen LogP contribution in [0.25, 0.3) is 0 Å². The highest BCUT2D eigenvalue weighted by Crippen LogP contribution is 2.23. The van der Waals surface area contributed by atoms with Gasteiger partial charge in [-0.25, -0.2) is 0 Å². The highest BCUT2D eigenvalue weighted by Gasteiger charge is 2.27. The average molecular weight is 245 g/mol. The number of para-hydroxylation sites is 1. The molecule has 0 aromatic heterocycles. The molecule has 3 heteroatoms. The number of nitrogens with one attached hydrogen (secondary N) is 1. The molecule has 2 aliphatic heterocycles. The normalized spacial score (nSPS) is 21.9. The fraction of sp³-hybridized carbons (Fsp3) is 0.600. The molecule has 0 spiro atoms. The third kappa shape index (κ3) is 2.25. The lowest BCUT2D eigenvalue weighted by Crippen LogP contribution is -2.61. The lowest BCUT2D eigenvalue weighted by molar-refractivity contribution is 0.138. The maximum absolute atomic E-state index is 3.36. The summed E-state index contributed by atoms with van der Waals surface area (Å²) in [6.07, 6.45) is 1.13. The number of rotatable bonds is 3. The van der Waals surface area contributed by atoms with Crippen molar-refractivity contribution in [1.29, 1.82) is 0 Å². The molecule has 0 atom stereocenters. The number of nitrogens with zero attached hydrogens (tertiary/aromatic N) is 2. The van der Waals surface area contributed by atoms with Crippen molar-refractivity contribution in [3.63, 3.8) is 0 Å².